The number of esters is 1. The van der Waals surface area contributed by atoms with Crippen molar-refractivity contribution in [2.45, 2.75) is 123 Å². The highest BCUT2D eigenvalue weighted by Gasteiger charge is 2.40. The number of rotatable bonds is 16. The van der Waals surface area contributed by atoms with Crippen LogP contribution in [0.1, 0.15) is 103 Å². The van der Waals surface area contributed by atoms with E-state index in [2.05, 4.69) is 31.1 Å². The molecule has 3 rings (SSSR count). The molecule has 0 saturated carbocycles. The van der Waals surface area contributed by atoms with Crippen LogP contribution >= 0.6 is 0 Å². The first-order valence-corrected chi connectivity index (χ1v) is 18.7. The fourth-order valence-electron chi connectivity index (χ4n) is 5.97. The predicted molar refractivity (Wildman–Crippen MR) is 213 cm³/mol. The average molecular weight is 742 g/mol. The first-order valence-electron chi connectivity index (χ1n) is 18.7. The average Bonchev–Trinajstić information content (AvgIpc) is 3.08. The molecule has 3 aromatic carbocycles. The van der Waals surface area contributed by atoms with Gasteiger partial charge >= 0.3 is 12.1 Å². The molecule has 54 heavy (non-hydrogen) atoms. The van der Waals surface area contributed by atoms with Crippen LogP contribution in [0.25, 0.3) is 6.08 Å². The molecule has 0 aromatic heterocycles. The number of amides is 3. The zero-order chi connectivity index (χ0) is 40.2. The van der Waals surface area contributed by atoms with Crippen molar-refractivity contribution in [3.63, 3.8) is 0 Å². The molecule has 0 fully saturated rings. The number of carbonyl (C=O) groups excluding carboxylic acids is 4. The Hall–Kier alpha value is -5.12. The Bertz CT molecular complexity index is 1710. The summed E-state index contributed by atoms with van der Waals surface area (Å²) in [6, 6.07) is 18.9. The zero-order valence-electron chi connectivity index (χ0n) is 33.3. The fraction of sp³-hybridized carbons (Fsp3) is 0.455. The lowest BCUT2D eigenvalue weighted by Gasteiger charge is -2.39. The summed E-state index contributed by atoms with van der Waals surface area (Å²) < 4.78 is 11.4. The molecule has 4 atom stereocenters. The Labute approximate surface area is 321 Å². The van der Waals surface area contributed by atoms with Gasteiger partial charge in [0.05, 0.1) is 0 Å². The topological polar surface area (TPSA) is 134 Å². The second-order valence-electron chi connectivity index (χ2n) is 16.2. The van der Waals surface area contributed by atoms with E-state index in [1.54, 1.807) is 78.0 Å². The van der Waals surface area contributed by atoms with Crippen LogP contribution in [0.4, 0.5) is 4.79 Å². The van der Waals surface area contributed by atoms with Gasteiger partial charge in [0.25, 0.3) is 0 Å². The van der Waals surface area contributed by atoms with Crippen molar-refractivity contribution in [1.82, 2.24) is 15.5 Å². The molecular weight excluding hydrogens is 682 g/mol. The predicted octanol–water partition coefficient (Wildman–Crippen LogP) is 7.93. The van der Waals surface area contributed by atoms with Gasteiger partial charge in [-0.2, -0.15) is 0 Å². The molecule has 4 unspecified atom stereocenters. The van der Waals surface area contributed by atoms with E-state index in [0.29, 0.717) is 23.5 Å². The van der Waals surface area contributed by atoms with Gasteiger partial charge in [0, 0.05) is 18.9 Å². The summed E-state index contributed by atoms with van der Waals surface area (Å²) in [4.78, 5) is 58.7. The largest absolute Gasteiger partial charge is 0.508 e. The van der Waals surface area contributed by atoms with Gasteiger partial charge in [0.1, 0.15) is 35.1 Å². The summed E-state index contributed by atoms with van der Waals surface area (Å²) in [6.07, 6.45) is 2.36. The molecule has 0 spiro atoms. The highest BCUT2D eigenvalue weighted by molar-refractivity contribution is 5.94. The van der Waals surface area contributed by atoms with Gasteiger partial charge in [-0.25, -0.2) is 9.59 Å². The molecule has 10 nitrogen and oxygen atoms in total. The summed E-state index contributed by atoms with van der Waals surface area (Å²) in [7, 11) is 0. The van der Waals surface area contributed by atoms with Crippen LogP contribution in [0.15, 0.2) is 85.4 Å². The maximum Gasteiger partial charge on any atom is 0.408 e. The maximum absolute atomic E-state index is 15.2. The third-order valence-electron chi connectivity index (χ3n) is 8.54. The van der Waals surface area contributed by atoms with Gasteiger partial charge in [-0.05, 0) is 108 Å². The summed E-state index contributed by atoms with van der Waals surface area (Å²) in [5.74, 6) is -1.36. The van der Waals surface area contributed by atoms with Crippen LogP contribution in [-0.2, 0) is 36.7 Å². The van der Waals surface area contributed by atoms with Gasteiger partial charge in [-0.1, -0.05) is 87.2 Å². The number of benzene rings is 3. The number of nitrogens with zero attached hydrogens (tertiary/aromatic N) is 1. The van der Waals surface area contributed by atoms with Crippen LogP contribution in [-0.4, -0.2) is 63.2 Å². The van der Waals surface area contributed by atoms with E-state index in [1.807, 2.05) is 43.3 Å². The lowest BCUT2D eigenvalue weighted by molar-refractivity contribution is -0.159. The van der Waals surface area contributed by atoms with Gasteiger partial charge in [0.2, 0.25) is 11.8 Å². The van der Waals surface area contributed by atoms with Gasteiger partial charge in [0.15, 0.2) is 0 Å². The zero-order valence-corrected chi connectivity index (χ0v) is 33.3. The monoisotopic (exact) mass is 741 g/mol. The Balaban J connectivity index is 2.22. The van der Waals surface area contributed by atoms with E-state index in [4.69, 9.17) is 9.47 Å². The molecule has 3 N–H and O–H groups in total. The number of nitrogens with one attached hydrogen (secondary N) is 2. The standard InChI is InChI=1S/C44H59N3O7/c1-11-31-18-15-19-34(26-31)38(39(49)45-37(41(51)53-43(5,6)7)28-32-16-13-12-14-17-32)47(30(4)21-20-29(2)3)40(50)36(46-42(52)54-44(8,9)10)27-33-22-24-35(48)25-23-33/h11-19,22-26,29-30,36-38,48H,1,20-21,27-28H2,2-10H3,(H,45,49)(H,46,52). The lowest BCUT2D eigenvalue weighted by atomic mass is 9.94. The SMILES string of the molecule is C=Cc1cccc(C(C(=O)NC(Cc2ccccc2)C(=O)OC(C)(C)C)N(C(=O)C(Cc2ccc(O)cc2)NC(=O)OC(C)(C)C)C(C)CCC(C)C)c1. The highest BCUT2D eigenvalue weighted by atomic mass is 16.6. The minimum absolute atomic E-state index is 0.0430. The molecule has 0 aliphatic rings. The number of carbonyl (C=O) groups is 4. The summed E-state index contributed by atoms with van der Waals surface area (Å²) in [5.41, 5.74) is 1.04. The Kier molecular flexibility index (Phi) is 15.5. The van der Waals surface area contributed by atoms with E-state index in [9.17, 15) is 19.5 Å². The van der Waals surface area contributed by atoms with Crippen molar-refractivity contribution in [2.75, 3.05) is 0 Å². The van der Waals surface area contributed by atoms with E-state index < -0.39 is 59.2 Å². The first-order chi connectivity index (χ1) is 25.3. The van der Waals surface area contributed by atoms with Gasteiger partial charge in [-0.3, -0.25) is 9.59 Å². The smallest absolute Gasteiger partial charge is 0.408 e. The number of hydrogen-bond acceptors (Lipinski definition) is 7. The Morgan fingerprint density at radius 1 is 0.759 bits per heavy atom. The minimum atomic E-state index is -1.23. The van der Waals surface area contributed by atoms with Crippen LogP contribution < -0.4 is 10.6 Å². The van der Waals surface area contributed by atoms with Crippen LogP contribution in [0.3, 0.4) is 0 Å². The molecule has 0 aliphatic carbocycles. The molecule has 0 aliphatic heterocycles. The van der Waals surface area contributed by atoms with Crippen molar-refractivity contribution in [3.8, 4) is 5.75 Å². The molecule has 0 saturated heterocycles. The number of phenols is 1. The number of alkyl carbamates (subject to hydrolysis) is 1. The molecule has 0 heterocycles. The second kappa shape index (κ2) is 19.3. The van der Waals surface area contributed by atoms with Crippen molar-refractivity contribution < 1.29 is 33.8 Å². The van der Waals surface area contributed by atoms with E-state index in [-0.39, 0.29) is 18.6 Å². The summed E-state index contributed by atoms with van der Waals surface area (Å²) >= 11 is 0. The summed E-state index contributed by atoms with van der Waals surface area (Å²) in [6.45, 7) is 20.5. The number of aromatic hydroxyl groups is 1. The van der Waals surface area contributed by atoms with Crippen molar-refractivity contribution in [3.05, 3.63) is 108 Å². The number of ether oxygens (including phenoxy) is 2. The molecule has 10 heteroatoms. The molecule has 3 amide bonds. The third-order valence-corrected chi connectivity index (χ3v) is 8.54. The molecular formula is C44H59N3O7. The Morgan fingerprint density at radius 2 is 1.35 bits per heavy atom. The second-order valence-corrected chi connectivity index (χ2v) is 16.2. The molecule has 292 valence electrons. The molecule has 0 bridgehead atoms. The summed E-state index contributed by atoms with van der Waals surface area (Å²) in [5, 5.41) is 15.7. The van der Waals surface area contributed by atoms with E-state index in [0.717, 1.165) is 17.5 Å². The number of hydrogen-bond donors (Lipinski definition) is 3. The Morgan fingerprint density at radius 3 is 1.93 bits per heavy atom. The lowest BCUT2D eigenvalue weighted by Crippen LogP contribution is -2.57. The third kappa shape index (κ3) is 14.0. The fourth-order valence-corrected chi connectivity index (χ4v) is 5.97. The maximum atomic E-state index is 15.2. The van der Waals surface area contributed by atoms with E-state index >= 15 is 4.79 Å². The molecule has 0 radical (unpaired) electrons. The van der Waals surface area contributed by atoms with Crippen molar-refractivity contribution in [1.29, 1.82) is 0 Å². The van der Waals surface area contributed by atoms with Crippen LogP contribution in [0.2, 0.25) is 0 Å². The quantitative estimate of drug-likeness (QED) is 0.127. The van der Waals surface area contributed by atoms with Crippen LogP contribution in [0, 0.1) is 5.92 Å². The normalized spacial score (nSPS) is 13.9. The van der Waals surface area contributed by atoms with Crippen molar-refractivity contribution in [2.24, 2.45) is 5.92 Å². The van der Waals surface area contributed by atoms with Crippen LogP contribution in [0.5, 0.6) is 5.75 Å². The highest BCUT2D eigenvalue weighted by Crippen LogP contribution is 2.30. The van der Waals surface area contributed by atoms with Gasteiger partial charge < -0.3 is 30.1 Å². The first kappa shape index (κ1) is 43.3. The molecule has 3 aromatic rings. The van der Waals surface area contributed by atoms with Gasteiger partial charge in [-0.15, -0.1) is 0 Å². The number of phenolic OH excluding ortho intramolecular Hbond substituents is 1. The minimum Gasteiger partial charge on any atom is -0.508 e. The van der Waals surface area contributed by atoms with E-state index in [1.165, 1.54) is 17.0 Å². The van der Waals surface area contributed by atoms with Crippen molar-refractivity contribution >= 4 is 30.0 Å².